The van der Waals surface area contributed by atoms with Gasteiger partial charge >= 0.3 is 6.18 Å². The molecule has 128 valence electrons. The highest BCUT2D eigenvalue weighted by molar-refractivity contribution is 5.78. The van der Waals surface area contributed by atoms with Crippen LogP contribution in [0.1, 0.15) is 23.6 Å². The number of benzene rings is 1. The summed E-state index contributed by atoms with van der Waals surface area (Å²) in [7, 11) is 0. The summed E-state index contributed by atoms with van der Waals surface area (Å²) < 4.78 is 43.4. The van der Waals surface area contributed by atoms with Gasteiger partial charge in [0.05, 0.1) is 18.6 Å². The number of ether oxygens (including phenoxy) is 1. The molecule has 0 saturated heterocycles. The van der Waals surface area contributed by atoms with Crippen molar-refractivity contribution in [3.8, 4) is 5.88 Å². The lowest BCUT2D eigenvalue weighted by atomic mass is 10.1. The molecule has 7 heteroatoms. The van der Waals surface area contributed by atoms with Gasteiger partial charge in [-0.1, -0.05) is 24.3 Å². The molecular weight excluding hydrogens is 321 g/mol. The first kappa shape index (κ1) is 17.8. The van der Waals surface area contributed by atoms with E-state index in [1.807, 2.05) is 6.92 Å². The van der Waals surface area contributed by atoms with E-state index in [0.29, 0.717) is 23.6 Å². The maximum absolute atomic E-state index is 12.7. The Morgan fingerprint density at radius 1 is 1.25 bits per heavy atom. The summed E-state index contributed by atoms with van der Waals surface area (Å²) in [4.78, 5) is 16.0. The topological polar surface area (TPSA) is 51.2 Å². The second kappa shape index (κ2) is 7.81. The molecule has 0 saturated carbocycles. The van der Waals surface area contributed by atoms with Gasteiger partial charge < -0.3 is 10.1 Å². The van der Waals surface area contributed by atoms with Crippen molar-refractivity contribution >= 4 is 5.91 Å². The number of alkyl halides is 3. The van der Waals surface area contributed by atoms with Crippen LogP contribution in [-0.4, -0.2) is 17.5 Å². The Kier molecular flexibility index (Phi) is 5.78. The minimum absolute atomic E-state index is 0.131. The van der Waals surface area contributed by atoms with E-state index in [1.54, 1.807) is 18.3 Å². The highest BCUT2D eigenvalue weighted by Gasteiger charge is 2.30. The Morgan fingerprint density at radius 2 is 2.04 bits per heavy atom. The first-order valence-electron chi connectivity index (χ1n) is 7.39. The molecule has 0 spiro atoms. The molecule has 0 aliphatic heterocycles. The SMILES string of the molecule is CCOc1ncccc1CNC(=O)Cc1cccc(C(F)(F)F)c1. The van der Waals surface area contributed by atoms with E-state index in [4.69, 9.17) is 4.74 Å². The van der Waals surface area contributed by atoms with E-state index in [1.165, 1.54) is 12.1 Å². The van der Waals surface area contributed by atoms with Crippen LogP contribution in [0.2, 0.25) is 0 Å². The second-order valence-corrected chi connectivity index (χ2v) is 5.05. The van der Waals surface area contributed by atoms with Crippen LogP contribution in [0.3, 0.4) is 0 Å². The van der Waals surface area contributed by atoms with Crippen LogP contribution in [0.5, 0.6) is 5.88 Å². The molecule has 24 heavy (non-hydrogen) atoms. The summed E-state index contributed by atoms with van der Waals surface area (Å²) >= 11 is 0. The van der Waals surface area contributed by atoms with Gasteiger partial charge in [0.15, 0.2) is 0 Å². The zero-order chi connectivity index (χ0) is 17.6. The standard InChI is InChI=1S/C17H17F3N2O2/c1-2-24-16-13(6-4-8-21-16)11-22-15(23)10-12-5-3-7-14(9-12)17(18,19)20/h3-9H,2,10-11H2,1H3,(H,22,23). The van der Waals surface area contributed by atoms with Gasteiger partial charge in [0.2, 0.25) is 11.8 Å². The third kappa shape index (κ3) is 4.97. The number of hydrogen-bond donors (Lipinski definition) is 1. The Balaban J connectivity index is 1.97. The second-order valence-electron chi connectivity index (χ2n) is 5.05. The molecule has 0 bridgehead atoms. The number of hydrogen-bond acceptors (Lipinski definition) is 3. The fourth-order valence-corrected chi connectivity index (χ4v) is 2.12. The van der Waals surface area contributed by atoms with Crippen molar-refractivity contribution in [2.45, 2.75) is 26.1 Å². The summed E-state index contributed by atoms with van der Waals surface area (Å²) in [6.07, 6.45) is -2.97. The first-order chi connectivity index (χ1) is 11.4. The number of pyridine rings is 1. The molecule has 4 nitrogen and oxygen atoms in total. The summed E-state index contributed by atoms with van der Waals surface area (Å²) in [6, 6.07) is 8.23. The number of carbonyl (C=O) groups is 1. The summed E-state index contributed by atoms with van der Waals surface area (Å²) in [5, 5.41) is 2.66. The average molecular weight is 338 g/mol. The largest absolute Gasteiger partial charge is 0.478 e. The van der Waals surface area contributed by atoms with Gasteiger partial charge in [0, 0.05) is 18.3 Å². The van der Waals surface area contributed by atoms with Crippen LogP contribution < -0.4 is 10.1 Å². The smallest absolute Gasteiger partial charge is 0.416 e. The molecule has 0 unspecified atom stereocenters. The molecule has 0 atom stereocenters. The van der Waals surface area contributed by atoms with Gasteiger partial charge in [-0.05, 0) is 24.6 Å². The van der Waals surface area contributed by atoms with Crippen LogP contribution in [0, 0.1) is 0 Å². The number of aromatic nitrogens is 1. The molecule has 1 aromatic heterocycles. The minimum atomic E-state index is -4.42. The van der Waals surface area contributed by atoms with E-state index in [-0.39, 0.29) is 18.9 Å². The van der Waals surface area contributed by atoms with Gasteiger partial charge in [0.25, 0.3) is 0 Å². The molecule has 1 amide bonds. The fourth-order valence-electron chi connectivity index (χ4n) is 2.12. The zero-order valence-corrected chi connectivity index (χ0v) is 13.1. The number of amides is 1. The van der Waals surface area contributed by atoms with Crippen molar-refractivity contribution in [2.24, 2.45) is 0 Å². The van der Waals surface area contributed by atoms with E-state index in [0.717, 1.165) is 12.1 Å². The zero-order valence-electron chi connectivity index (χ0n) is 13.1. The summed E-state index contributed by atoms with van der Waals surface area (Å²) in [6.45, 7) is 2.47. The molecule has 1 N–H and O–H groups in total. The third-order valence-corrected chi connectivity index (χ3v) is 3.23. The average Bonchev–Trinajstić information content (AvgIpc) is 2.54. The van der Waals surface area contributed by atoms with Crippen molar-refractivity contribution < 1.29 is 22.7 Å². The molecule has 2 rings (SSSR count). The molecule has 2 aromatic rings. The van der Waals surface area contributed by atoms with Crippen LogP contribution in [0.4, 0.5) is 13.2 Å². The van der Waals surface area contributed by atoms with Gasteiger partial charge in [-0.15, -0.1) is 0 Å². The lowest BCUT2D eigenvalue weighted by Crippen LogP contribution is -2.25. The lowest BCUT2D eigenvalue weighted by Gasteiger charge is -2.11. The summed E-state index contributed by atoms with van der Waals surface area (Å²) in [5.74, 6) is 0.0556. The predicted octanol–water partition coefficient (Wildman–Crippen LogP) is 3.36. The number of nitrogens with zero attached hydrogens (tertiary/aromatic N) is 1. The maximum atomic E-state index is 12.7. The highest BCUT2D eigenvalue weighted by Crippen LogP contribution is 2.29. The minimum Gasteiger partial charge on any atom is -0.478 e. The van der Waals surface area contributed by atoms with Crippen molar-refractivity contribution in [1.82, 2.24) is 10.3 Å². The Hall–Kier alpha value is -2.57. The molecule has 0 aliphatic rings. The molecule has 0 fully saturated rings. The van der Waals surface area contributed by atoms with Crippen molar-refractivity contribution in [1.29, 1.82) is 0 Å². The third-order valence-electron chi connectivity index (χ3n) is 3.23. The molecule has 0 aliphatic carbocycles. The number of carbonyl (C=O) groups excluding carboxylic acids is 1. The lowest BCUT2D eigenvalue weighted by molar-refractivity contribution is -0.137. The van der Waals surface area contributed by atoms with E-state index >= 15 is 0 Å². The highest BCUT2D eigenvalue weighted by atomic mass is 19.4. The van der Waals surface area contributed by atoms with Crippen molar-refractivity contribution in [2.75, 3.05) is 6.61 Å². The van der Waals surface area contributed by atoms with Gasteiger partial charge in [-0.25, -0.2) is 4.98 Å². The van der Waals surface area contributed by atoms with Crippen molar-refractivity contribution in [3.05, 3.63) is 59.3 Å². The van der Waals surface area contributed by atoms with E-state index < -0.39 is 11.7 Å². The normalized spacial score (nSPS) is 11.2. The monoisotopic (exact) mass is 338 g/mol. The molecule has 1 aromatic carbocycles. The Labute approximate surface area is 137 Å². The maximum Gasteiger partial charge on any atom is 0.416 e. The van der Waals surface area contributed by atoms with Gasteiger partial charge in [-0.2, -0.15) is 13.2 Å². The molecular formula is C17H17F3N2O2. The quantitative estimate of drug-likeness (QED) is 0.879. The van der Waals surface area contributed by atoms with Gasteiger partial charge in [0.1, 0.15) is 0 Å². The van der Waals surface area contributed by atoms with Crippen LogP contribution in [0.15, 0.2) is 42.6 Å². The summed E-state index contributed by atoms with van der Waals surface area (Å²) in [5.41, 5.74) is 0.244. The van der Waals surface area contributed by atoms with Gasteiger partial charge in [-0.3, -0.25) is 4.79 Å². The van der Waals surface area contributed by atoms with Crippen molar-refractivity contribution in [3.63, 3.8) is 0 Å². The van der Waals surface area contributed by atoms with E-state index in [2.05, 4.69) is 10.3 Å². The van der Waals surface area contributed by atoms with Crippen LogP contribution in [0.25, 0.3) is 0 Å². The number of halogens is 3. The first-order valence-corrected chi connectivity index (χ1v) is 7.39. The molecule has 1 heterocycles. The fraction of sp³-hybridized carbons (Fsp3) is 0.294. The Morgan fingerprint density at radius 3 is 2.75 bits per heavy atom. The Bertz CT molecular complexity index is 702. The predicted molar refractivity (Wildman–Crippen MR) is 82.4 cm³/mol. The number of nitrogens with one attached hydrogen (secondary N) is 1. The van der Waals surface area contributed by atoms with Crippen LogP contribution >= 0.6 is 0 Å². The number of rotatable bonds is 6. The van der Waals surface area contributed by atoms with Crippen LogP contribution in [-0.2, 0) is 23.9 Å². The molecule has 0 radical (unpaired) electrons. The van der Waals surface area contributed by atoms with E-state index in [9.17, 15) is 18.0 Å².